The maximum absolute atomic E-state index is 12.6. The summed E-state index contributed by atoms with van der Waals surface area (Å²) in [6.07, 6.45) is 3.59. The van der Waals surface area contributed by atoms with Crippen molar-refractivity contribution < 1.29 is 9.53 Å². The molecule has 4 heterocycles. The minimum atomic E-state index is 0.233. The Morgan fingerprint density at radius 3 is 2.55 bits per heavy atom. The summed E-state index contributed by atoms with van der Waals surface area (Å²) in [6, 6.07) is 1.77. The zero-order valence-electron chi connectivity index (χ0n) is 12.9. The molecule has 4 saturated heterocycles. The van der Waals surface area contributed by atoms with Gasteiger partial charge in [-0.05, 0) is 26.2 Å². The summed E-state index contributed by atoms with van der Waals surface area (Å²) in [5, 5.41) is 0. The van der Waals surface area contributed by atoms with Crippen LogP contribution in [0.15, 0.2) is 0 Å². The average molecular weight is 281 g/mol. The van der Waals surface area contributed by atoms with E-state index in [9.17, 15) is 4.79 Å². The highest BCUT2D eigenvalue weighted by atomic mass is 16.5. The van der Waals surface area contributed by atoms with Gasteiger partial charge in [-0.1, -0.05) is 6.92 Å². The summed E-state index contributed by atoms with van der Waals surface area (Å²) < 4.78 is 5.36. The molecule has 0 aliphatic carbocycles. The second kappa shape index (κ2) is 5.53. The minimum absolute atomic E-state index is 0.233. The normalized spacial score (nSPS) is 35.0. The van der Waals surface area contributed by atoms with Crippen LogP contribution in [0.25, 0.3) is 0 Å². The maximum Gasteiger partial charge on any atom is 0.320 e. The Balaban J connectivity index is 1.57. The molecule has 2 bridgehead atoms. The summed E-state index contributed by atoms with van der Waals surface area (Å²) in [4.78, 5) is 19.3. The van der Waals surface area contributed by atoms with Crippen molar-refractivity contribution in [2.75, 3.05) is 33.3 Å². The number of nitrogens with zero attached hydrogens (tertiary/aromatic N) is 3. The van der Waals surface area contributed by atoms with Gasteiger partial charge in [-0.2, -0.15) is 0 Å². The number of carbonyl (C=O) groups excluding carboxylic acids is 1. The second-order valence-electron chi connectivity index (χ2n) is 6.54. The fourth-order valence-corrected chi connectivity index (χ4v) is 3.83. The van der Waals surface area contributed by atoms with Gasteiger partial charge in [0, 0.05) is 51.4 Å². The lowest BCUT2D eigenvalue weighted by molar-refractivity contribution is -0.0574. The van der Waals surface area contributed by atoms with Crippen LogP contribution in [-0.2, 0) is 4.74 Å². The van der Waals surface area contributed by atoms with Crippen molar-refractivity contribution in [3.8, 4) is 0 Å². The number of piperazine rings is 1. The van der Waals surface area contributed by atoms with Gasteiger partial charge in [0.05, 0.1) is 6.10 Å². The first-order valence-electron chi connectivity index (χ1n) is 7.98. The molecule has 0 radical (unpaired) electrons. The Morgan fingerprint density at radius 1 is 1.30 bits per heavy atom. The topological polar surface area (TPSA) is 36.0 Å². The quantitative estimate of drug-likeness (QED) is 0.784. The van der Waals surface area contributed by atoms with E-state index >= 15 is 0 Å². The van der Waals surface area contributed by atoms with E-state index in [0.717, 1.165) is 32.6 Å². The van der Waals surface area contributed by atoms with Gasteiger partial charge in [0.1, 0.15) is 0 Å². The molecule has 0 aromatic rings. The molecule has 4 fully saturated rings. The van der Waals surface area contributed by atoms with Crippen LogP contribution in [0.1, 0.15) is 33.1 Å². The number of carbonyl (C=O) groups is 1. The Morgan fingerprint density at radius 2 is 2.00 bits per heavy atom. The van der Waals surface area contributed by atoms with E-state index in [1.165, 1.54) is 12.8 Å². The van der Waals surface area contributed by atoms with Crippen molar-refractivity contribution >= 4 is 6.03 Å². The van der Waals surface area contributed by atoms with Crippen LogP contribution in [0.2, 0.25) is 0 Å². The first-order chi connectivity index (χ1) is 9.63. The van der Waals surface area contributed by atoms with Gasteiger partial charge in [0.15, 0.2) is 0 Å². The van der Waals surface area contributed by atoms with Crippen molar-refractivity contribution in [2.45, 2.75) is 57.3 Å². The monoisotopic (exact) mass is 281 g/mol. The number of fused-ring (bicyclic) bond motifs is 2. The number of ether oxygens (including phenoxy) is 1. The summed E-state index contributed by atoms with van der Waals surface area (Å²) in [5.41, 5.74) is 0. The number of hydrogen-bond acceptors (Lipinski definition) is 3. The highest BCUT2D eigenvalue weighted by Crippen LogP contribution is 2.35. The largest absolute Gasteiger partial charge is 0.380 e. The van der Waals surface area contributed by atoms with E-state index in [2.05, 4.69) is 23.6 Å². The third-order valence-corrected chi connectivity index (χ3v) is 5.41. The molecule has 4 atom stereocenters. The molecular weight excluding hydrogens is 254 g/mol. The Bertz CT molecular complexity index is 364. The van der Waals surface area contributed by atoms with Gasteiger partial charge in [0.2, 0.25) is 0 Å². The lowest BCUT2D eigenvalue weighted by atomic mass is 9.87. The van der Waals surface area contributed by atoms with E-state index in [1.807, 2.05) is 4.90 Å². The van der Waals surface area contributed by atoms with Crippen molar-refractivity contribution in [1.82, 2.24) is 14.7 Å². The molecule has 4 aliphatic heterocycles. The van der Waals surface area contributed by atoms with Crippen molar-refractivity contribution in [2.24, 2.45) is 0 Å². The van der Waals surface area contributed by atoms with Crippen LogP contribution in [-0.4, -0.2) is 78.2 Å². The molecule has 5 nitrogen and oxygen atoms in total. The molecule has 0 aromatic heterocycles. The molecule has 4 rings (SSSR count). The number of hydrogen-bond donors (Lipinski definition) is 0. The predicted molar refractivity (Wildman–Crippen MR) is 77.7 cm³/mol. The number of piperidine rings is 1. The molecule has 5 heteroatoms. The molecule has 4 unspecified atom stereocenters. The summed E-state index contributed by atoms with van der Waals surface area (Å²) in [5.74, 6) is 0. The molecule has 114 valence electrons. The van der Waals surface area contributed by atoms with Crippen molar-refractivity contribution in [1.29, 1.82) is 0 Å². The highest BCUT2D eigenvalue weighted by molar-refractivity contribution is 5.77. The number of methoxy groups -OCH3 is 1. The summed E-state index contributed by atoms with van der Waals surface area (Å²) >= 11 is 0. The van der Waals surface area contributed by atoms with Gasteiger partial charge in [-0.15, -0.1) is 0 Å². The zero-order chi connectivity index (χ0) is 14.3. The van der Waals surface area contributed by atoms with E-state index in [1.54, 1.807) is 7.11 Å². The lowest BCUT2D eigenvalue weighted by Gasteiger charge is -2.58. The van der Waals surface area contributed by atoms with Gasteiger partial charge >= 0.3 is 6.03 Å². The third kappa shape index (κ3) is 2.31. The first-order valence-corrected chi connectivity index (χ1v) is 7.98. The molecule has 0 saturated carbocycles. The third-order valence-electron chi connectivity index (χ3n) is 5.41. The molecule has 20 heavy (non-hydrogen) atoms. The van der Waals surface area contributed by atoms with Crippen LogP contribution in [0.5, 0.6) is 0 Å². The minimum Gasteiger partial charge on any atom is -0.380 e. The van der Waals surface area contributed by atoms with E-state index in [-0.39, 0.29) is 12.1 Å². The van der Waals surface area contributed by atoms with E-state index in [0.29, 0.717) is 18.1 Å². The first kappa shape index (κ1) is 14.1. The smallest absolute Gasteiger partial charge is 0.320 e. The number of rotatable bonds is 3. The molecule has 4 aliphatic rings. The highest BCUT2D eigenvalue weighted by Gasteiger charge is 2.49. The van der Waals surface area contributed by atoms with Gasteiger partial charge < -0.3 is 14.5 Å². The molecular formula is C15H27N3O2. The maximum atomic E-state index is 12.6. The van der Waals surface area contributed by atoms with E-state index < -0.39 is 0 Å². The van der Waals surface area contributed by atoms with Crippen LogP contribution in [0.4, 0.5) is 4.79 Å². The number of likely N-dealkylation sites (tertiary alicyclic amines) is 1. The Hall–Kier alpha value is -0.810. The van der Waals surface area contributed by atoms with Crippen LogP contribution in [0, 0.1) is 0 Å². The fourth-order valence-electron chi connectivity index (χ4n) is 3.83. The summed E-state index contributed by atoms with van der Waals surface area (Å²) in [7, 11) is 1.74. The molecule has 0 aromatic carbocycles. The Labute approximate surface area is 121 Å². The van der Waals surface area contributed by atoms with Gasteiger partial charge in [-0.3, -0.25) is 4.90 Å². The molecule has 2 amide bonds. The summed E-state index contributed by atoms with van der Waals surface area (Å²) in [6.45, 7) is 8.25. The van der Waals surface area contributed by atoms with Crippen LogP contribution < -0.4 is 0 Å². The van der Waals surface area contributed by atoms with Crippen LogP contribution in [0.3, 0.4) is 0 Å². The predicted octanol–water partition coefficient (Wildman–Crippen LogP) is 1.38. The number of urea groups is 1. The number of amides is 2. The lowest BCUT2D eigenvalue weighted by Crippen LogP contribution is -2.72. The Kier molecular flexibility index (Phi) is 3.91. The SMILES string of the molecule is CCC(C)N1CC2CC(C1)N2C(=O)N1CCC(OC)C1. The van der Waals surface area contributed by atoms with Crippen LogP contribution >= 0.6 is 0 Å². The van der Waals surface area contributed by atoms with Gasteiger partial charge in [0.25, 0.3) is 0 Å². The van der Waals surface area contributed by atoms with E-state index in [4.69, 9.17) is 4.74 Å². The zero-order valence-corrected chi connectivity index (χ0v) is 12.9. The standard InChI is InChI=1S/C15H27N3O2/c1-4-11(2)17-8-12-7-13(9-17)18(12)15(19)16-6-5-14(10-16)20-3/h11-14H,4-10H2,1-3H3. The van der Waals surface area contributed by atoms with Crippen molar-refractivity contribution in [3.05, 3.63) is 0 Å². The second-order valence-corrected chi connectivity index (χ2v) is 6.54. The fraction of sp³-hybridized carbons (Fsp3) is 0.933. The molecule has 0 N–H and O–H groups in total. The molecule has 0 spiro atoms. The van der Waals surface area contributed by atoms with Gasteiger partial charge in [-0.25, -0.2) is 4.79 Å². The van der Waals surface area contributed by atoms with Crippen molar-refractivity contribution in [3.63, 3.8) is 0 Å². The average Bonchev–Trinajstić information content (AvgIpc) is 2.95.